The minimum Gasteiger partial charge on any atom is -0.352 e. The summed E-state index contributed by atoms with van der Waals surface area (Å²) >= 11 is 1.41. The van der Waals surface area contributed by atoms with E-state index in [1.807, 2.05) is 30.5 Å². The van der Waals surface area contributed by atoms with Gasteiger partial charge in [-0.2, -0.15) is 0 Å². The van der Waals surface area contributed by atoms with E-state index in [0.717, 1.165) is 5.69 Å². The zero-order valence-electron chi connectivity index (χ0n) is 13.6. The summed E-state index contributed by atoms with van der Waals surface area (Å²) in [4.78, 5) is 20.7. The van der Waals surface area contributed by atoms with Crippen LogP contribution in [0.5, 0.6) is 0 Å². The summed E-state index contributed by atoms with van der Waals surface area (Å²) in [5.74, 6) is 0.187. The molecule has 0 unspecified atom stereocenters. The predicted molar refractivity (Wildman–Crippen MR) is 96.3 cm³/mol. The molecule has 0 bridgehead atoms. The Balaban J connectivity index is 1.54. The van der Waals surface area contributed by atoms with E-state index in [4.69, 9.17) is 0 Å². The molecular formula is C18H17FN4OS. The Morgan fingerprint density at radius 3 is 2.80 bits per heavy atom. The number of hydrogen-bond donors (Lipinski definition) is 2. The zero-order valence-corrected chi connectivity index (χ0v) is 14.4. The van der Waals surface area contributed by atoms with Gasteiger partial charge in [0.05, 0.1) is 12.1 Å². The average Bonchev–Trinajstić information content (AvgIpc) is 3.01. The van der Waals surface area contributed by atoms with Gasteiger partial charge in [-0.3, -0.25) is 4.79 Å². The van der Waals surface area contributed by atoms with Gasteiger partial charge < -0.3 is 10.6 Å². The first kappa shape index (κ1) is 17.0. The van der Waals surface area contributed by atoms with E-state index < -0.39 is 0 Å². The van der Waals surface area contributed by atoms with Crippen LogP contribution in [0.3, 0.4) is 0 Å². The van der Waals surface area contributed by atoms with Gasteiger partial charge in [0.15, 0.2) is 5.13 Å². The standard InChI is InChI=1S/C18H17FN4OS/c1-12-5-4-8-16(21-12)23-18-22-14(11-25-18)9-17(24)20-10-13-6-2-3-7-15(13)19/h2-8,11H,9-10H2,1H3,(H,20,24)(H,21,22,23). The van der Waals surface area contributed by atoms with Crippen LogP contribution in [0.4, 0.5) is 15.3 Å². The topological polar surface area (TPSA) is 66.9 Å². The summed E-state index contributed by atoms with van der Waals surface area (Å²) in [7, 11) is 0. The molecule has 128 valence electrons. The van der Waals surface area contributed by atoms with E-state index >= 15 is 0 Å². The minimum absolute atomic E-state index is 0.147. The normalized spacial score (nSPS) is 10.5. The van der Waals surface area contributed by atoms with Crippen molar-refractivity contribution in [2.45, 2.75) is 19.9 Å². The lowest BCUT2D eigenvalue weighted by Gasteiger charge is -2.05. The molecule has 0 saturated heterocycles. The van der Waals surface area contributed by atoms with Gasteiger partial charge in [-0.25, -0.2) is 14.4 Å². The fourth-order valence-electron chi connectivity index (χ4n) is 2.23. The van der Waals surface area contributed by atoms with E-state index in [1.165, 1.54) is 17.4 Å². The van der Waals surface area contributed by atoms with Crippen molar-refractivity contribution >= 4 is 28.2 Å². The van der Waals surface area contributed by atoms with E-state index in [2.05, 4.69) is 20.6 Å². The summed E-state index contributed by atoms with van der Waals surface area (Å²) in [6, 6.07) is 12.1. The highest BCUT2D eigenvalue weighted by atomic mass is 32.1. The Hall–Kier alpha value is -2.80. The summed E-state index contributed by atoms with van der Waals surface area (Å²) in [6.45, 7) is 2.08. The number of nitrogens with one attached hydrogen (secondary N) is 2. The summed E-state index contributed by atoms with van der Waals surface area (Å²) in [5.41, 5.74) is 2.03. The van der Waals surface area contributed by atoms with Crippen LogP contribution < -0.4 is 10.6 Å². The number of hydrogen-bond acceptors (Lipinski definition) is 5. The second-order valence-electron chi connectivity index (χ2n) is 5.48. The van der Waals surface area contributed by atoms with Gasteiger partial charge in [-0.15, -0.1) is 11.3 Å². The molecule has 5 nitrogen and oxygen atoms in total. The maximum Gasteiger partial charge on any atom is 0.226 e. The van der Waals surface area contributed by atoms with Crippen molar-refractivity contribution in [2.24, 2.45) is 0 Å². The molecule has 1 aromatic carbocycles. The summed E-state index contributed by atoms with van der Waals surface area (Å²) in [6.07, 6.45) is 0.147. The monoisotopic (exact) mass is 356 g/mol. The van der Waals surface area contributed by atoms with E-state index in [0.29, 0.717) is 22.2 Å². The molecule has 25 heavy (non-hydrogen) atoms. The number of nitrogens with zero attached hydrogens (tertiary/aromatic N) is 2. The van der Waals surface area contributed by atoms with Crippen LogP contribution in [0.2, 0.25) is 0 Å². The number of benzene rings is 1. The van der Waals surface area contributed by atoms with Gasteiger partial charge >= 0.3 is 0 Å². The molecule has 2 N–H and O–H groups in total. The van der Waals surface area contributed by atoms with Gasteiger partial charge in [0.25, 0.3) is 0 Å². The van der Waals surface area contributed by atoms with Crippen LogP contribution in [0.25, 0.3) is 0 Å². The first-order valence-corrected chi connectivity index (χ1v) is 8.63. The lowest BCUT2D eigenvalue weighted by atomic mass is 10.2. The third kappa shape index (κ3) is 4.84. The number of halogens is 1. The summed E-state index contributed by atoms with van der Waals surface area (Å²) < 4.78 is 13.5. The lowest BCUT2D eigenvalue weighted by molar-refractivity contribution is -0.120. The number of aromatic nitrogens is 2. The number of aryl methyl sites for hydroxylation is 1. The largest absolute Gasteiger partial charge is 0.352 e. The molecule has 2 aromatic heterocycles. The SMILES string of the molecule is Cc1cccc(Nc2nc(CC(=O)NCc3ccccc3F)cs2)n1. The number of pyridine rings is 1. The fraction of sp³-hybridized carbons (Fsp3) is 0.167. The number of carbonyl (C=O) groups excluding carboxylic acids is 1. The number of anilines is 2. The highest BCUT2D eigenvalue weighted by molar-refractivity contribution is 7.13. The molecule has 0 fully saturated rings. The van der Waals surface area contributed by atoms with Gasteiger partial charge in [0.2, 0.25) is 5.91 Å². The summed E-state index contributed by atoms with van der Waals surface area (Å²) in [5, 5.41) is 8.32. The van der Waals surface area contributed by atoms with Crippen molar-refractivity contribution in [2.75, 3.05) is 5.32 Å². The number of thiazole rings is 1. The smallest absolute Gasteiger partial charge is 0.226 e. The van der Waals surface area contributed by atoms with Crippen LogP contribution in [-0.2, 0) is 17.8 Å². The van der Waals surface area contributed by atoms with Crippen molar-refractivity contribution in [3.8, 4) is 0 Å². The Bertz CT molecular complexity index is 881. The quantitative estimate of drug-likeness (QED) is 0.708. The van der Waals surface area contributed by atoms with Crippen LogP contribution in [0, 0.1) is 12.7 Å². The van der Waals surface area contributed by atoms with Gasteiger partial charge in [-0.1, -0.05) is 24.3 Å². The molecule has 0 aliphatic carbocycles. The van der Waals surface area contributed by atoms with Gasteiger partial charge in [-0.05, 0) is 25.1 Å². The zero-order chi connectivity index (χ0) is 17.6. The Labute approximate surface area is 149 Å². The Morgan fingerprint density at radius 1 is 1.16 bits per heavy atom. The molecule has 1 amide bonds. The van der Waals surface area contributed by atoms with Crippen LogP contribution in [0.1, 0.15) is 17.0 Å². The fourth-order valence-corrected chi connectivity index (χ4v) is 2.95. The first-order valence-electron chi connectivity index (χ1n) is 7.75. The maximum atomic E-state index is 13.5. The van der Waals surface area contributed by atoms with Crippen LogP contribution in [0.15, 0.2) is 47.8 Å². The van der Waals surface area contributed by atoms with Crippen molar-refractivity contribution in [3.63, 3.8) is 0 Å². The third-order valence-corrected chi connectivity index (χ3v) is 4.26. The van der Waals surface area contributed by atoms with Crippen LogP contribution >= 0.6 is 11.3 Å². The third-order valence-electron chi connectivity index (χ3n) is 3.45. The van der Waals surface area contributed by atoms with E-state index in [1.54, 1.807) is 18.2 Å². The highest BCUT2D eigenvalue weighted by Crippen LogP contribution is 2.20. The van der Waals surface area contributed by atoms with Crippen molar-refractivity contribution in [1.29, 1.82) is 0 Å². The Morgan fingerprint density at radius 2 is 2.00 bits per heavy atom. The minimum atomic E-state index is -0.325. The average molecular weight is 356 g/mol. The number of amides is 1. The molecule has 2 heterocycles. The molecule has 0 atom stereocenters. The molecule has 0 saturated carbocycles. The molecular weight excluding hydrogens is 339 g/mol. The van der Waals surface area contributed by atoms with Crippen molar-refractivity contribution in [3.05, 3.63) is 70.6 Å². The second kappa shape index (κ2) is 7.85. The van der Waals surface area contributed by atoms with E-state index in [-0.39, 0.29) is 24.7 Å². The number of rotatable bonds is 6. The lowest BCUT2D eigenvalue weighted by Crippen LogP contribution is -2.25. The second-order valence-corrected chi connectivity index (χ2v) is 6.34. The van der Waals surface area contributed by atoms with E-state index in [9.17, 15) is 9.18 Å². The Kier molecular flexibility index (Phi) is 5.35. The van der Waals surface area contributed by atoms with Gasteiger partial charge in [0.1, 0.15) is 11.6 Å². The molecule has 0 aliphatic rings. The van der Waals surface area contributed by atoms with Crippen LogP contribution in [-0.4, -0.2) is 15.9 Å². The highest BCUT2D eigenvalue weighted by Gasteiger charge is 2.09. The predicted octanol–water partition coefficient (Wildman–Crippen LogP) is 3.59. The molecule has 7 heteroatoms. The molecule has 0 spiro atoms. The maximum absolute atomic E-state index is 13.5. The molecule has 3 aromatic rings. The first-order chi connectivity index (χ1) is 12.1. The molecule has 3 rings (SSSR count). The molecule has 0 radical (unpaired) electrons. The molecule has 0 aliphatic heterocycles. The number of carbonyl (C=O) groups is 1. The van der Waals surface area contributed by atoms with Gasteiger partial charge in [0, 0.05) is 23.2 Å². The van der Waals surface area contributed by atoms with Crippen molar-refractivity contribution < 1.29 is 9.18 Å². The van der Waals surface area contributed by atoms with Crippen molar-refractivity contribution in [1.82, 2.24) is 15.3 Å².